The van der Waals surface area contributed by atoms with Crippen molar-refractivity contribution in [1.29, 1.82) is 0 Å². The lowest BCUT2D eigenvalue weighted by molar-refractivity contribution is 0.409. The molecule has 0 unspecified atom stereocenters. The van der Waals surface area contributed by atoms with Crippen LogP contribution in [0.4, 0.5) is 0 Å². The van der Waals surface area contributed by atoms with Crippen LogP contribution in [-0.2, 0) is 16.6 Å². The van der Waals surface area contributed by atoms with E-state index in [-0.39, 0.29) is 10.8 Å². The van der Waals surface area contributed by atoms with Gasteiger partial charge in [0.2, 0.25) is 10.0 Å². The molecule has 1 aromatic heterocycles. The van der Waals surface area contributed by atoms with Crippen LogP contribution in [0, 0.1) is 0 Å². The Kier molecular flexibility index (Phi) is 5.09. The number of benzene rings is 1. The second kappa shape index (κ2) is 6.44. The van der Waals surface area contributed by atoms with Crippen LogP contribution < -0.4 is 9.46 Å². The van der Waals surface area contributed by atoms with Crippen LogP contribution in [0.3, 0.4) is 0 Å². The van der Waals surface area contributed by atoms with Crippen molar-refractivity contribution in [2.45, 2.75) is 10.8 Å². The first-order valence-electron chi connectivity index (χ1n) is 5.50. The van der Waals surface area contributed by atoms with E-state index in [9.17, 15) is 8.42 Å². The van der Waals surface area contributed by atoms with Crippen molar-refractivity contribution >= 4 is 48.9 Å². The van der Waals surface area contributed by atoms with Gasteiger partial charge in [-0.3, -0.25) is 0 Å². The summed E-state index contributed by atoms with van der Waals surface area (Å²) in [6.07, 6.45) is 0. The molecule has 0 bridgehead atoms. The van der Waals surface area contributed by atoms with E-state index < -0.39 is 10.0 Å². The Balaban J connectivity index is 2.17. The Bertz CT molecular complexity index is 696. The van der Waals surface area contributed by atoms with Gasteiger partial charge in [-0.2, -0.15) is 0 Å². The van der Waals surface area contributed by atoms with Crippen molar-refractivity contribution < 1.29 is 13.2 Å². The third-order valence-corrected chi connectivity index (χ3v) is 6.88. The topological polar surface area (TPSA) is 55.4 Å². The Labute approximate surface area is 134 Å². The predicted molar refractivity (Wildman–Crippen MR) is 84.0 cm³/mol. The van der Waals surface area contributed by atoms with Gasteiger partial charge < -0.3 is 4.74 Å². The van der Waals surface area contributed by atoms with Crippen molar-refractivity contribution in [3.05, 3.63) is 44.7 Å². The van der Waals surface area contributed by atoms with Crippen molar-refractivity contribution in [3.8, 4) is 5.75 Å². The van der Waals surface area contributed by atoms with Crippen LogP contribution >= 0.6 is 38.9 Å². The Hall–Kier alpha value is -0.600. The molecule has 2 aromatic rings. The summed E-state index contributed by atoms with van der Waals surface area (Å²) in [4.78, 5) is 0. The van der Waals surface area contributed by atoms with Gasteiger partial charge >= 0.3 is 0 Å². The fourth-order valence-electron chi connectivity index (χ4n) is 1.55. The van der Waals surface area contributed by atoms with Crippen molar-refractivity contribution in [2.24, 2.45) is 0 Å². The van der Waals surface area contributed by atoms with Crippen LogP contribution in [0.1, 0.15) is 5.56 Å². The van der Waals surface area contributed by atoms with Crippen molar-refractivity contribution in [3.63, 3.8) is 0 Å². The number of ether oxygens (including phenoxy) is 1. The number of sulfonamides is 1. The van der Waals surface area contributed by atoms with Crippen molar-refractivity contribution in [2.75, 3.05) is 7.11 Å². The van der Waals surface area contributed by atoms with Gasteiger partial charge in [-0.1, -0.05) is 29.8 Å². The maximum absolute atomic E-state index is 12.1. The zero-order chi connectivity index (χ0) is 14.8. The highest BCUT2D eigenvalue weighted by molar-refractivity contribution is 9.11. The highest BCUT2D eigenvalue weighted by Crippen LogP contribution is 2.34. The SMILES string of the molecule is COc1ccccc1CNS(=O)(=O)c1cc(Cl)c(Br)s1. The summed E-state index contributed by atoms with van der Waals surface area (Å²) in [5.74, 6) is 0.639. The molecule has 1 aromatic carbocycles. The molecule has 0 spiro atoms. The summed E-state index contributed by atoms with van der Waals surface area (Å²) in [6.45, 7) is 0.152. The van der Waals surface area contributed by atoms with E-state index in [1.54, 1.807) is 19.2 Å². The average Bonchev–Trinajstić information content (AvgIpc) is 2.78. The summed E-state index contributed by atoms with van der Waals surface area (Å²) in [5, 5.41) is 0.382. The molecule has 0 radical (unpaired) electrons. The standard InChI is InChI=1S/C12H11BrClNO3S2/c1-18-10-5-3-2-4-8(10)7-15-20(16,17)11-6-9(14)12(13)19-11/h2-6,15H,7H2,1H3. The minimum atomic E-state index is -3.59. The third kappa shape index (κ3) is 3.53. The average molecular weight is 397 g/mol. The highest BCUT2D eigenvalue weighted by atomic mass is 79.9. The Morgan fingerprint density at radius 3 is 2.70 bits per heavy atom. The molecule has 0 aliphatic carbocycles. The van der Waals surface area contributed by atoms with Crippen LogP contribution in [0.25, 0.3) is 0 Å². The lowest BCUT2D eigenvalue weighted by Crippen LogP contribution is -2.22. The monoisotopic (exact) mass is 395 g/mol. The second-order valence-corrected chi connectivity index (χ2v) is 8.59. The summed E-state index contributed by atoms with van der Waals surface area (Å²) < 4.78 is 32.8. The first-order chi connectivity index (χ1) is 9.44. The van der Waals surface area contributed by atoms with Gasteiger partial charge in [-0.15, -0.1) is 11.3 Å². The Morgan fingerprint density at radius 2 is 2.10 bits per heavy atom. The zero-order valence-corrected chi connectivity index (χ0v) is 14.4. The first kappa shape index (κ1) is 15.8. The summed E-state index contributed by atoms with van der Waals surface area (Å²) in [5.41, 5.74) is 0.764. The molecular formula is C12H11BrClNO3S2. The van der Waals surface area contributed by atoms with Gasteiger partial charge in [-0.05, 0) is 28.1 Å². The van der Waals surface area contributed by atoms with E-state index in [1.807, 2.05) is 12.1 Å². The summed E-state index contributed by atoms with van der Waals surface area (Å²) >= 11 is 10.1. The van der Waals surface area contributed by atoms with E-state index in [0.717, 1.165) is 16.9 Å². The molecule has 4 nitrogen and oxygen atoms in total. The number of methoxy groups -OCH3 is 1. The van der Waals surface area contributed by atoms with Gasteiger partial charge in [0.05, 0.1) is 15.9 Å². The molecule has 2 rings (SSSR count). The minimum Gasteiger partial charge on any atom is -0.496 e. The van der Waals surface area contributed by atoms with Crippen LogP contribution in [0.2, 0.25) is 5.02 Å². The van der Waals surface area contributed by atoms with E-state index in [4.69, 9.17) is 16.3 Å². The second-order valence-electron chi connectivity index (χ2n) is 3.82. The van der Waals surface area contributed by atoms with E-state index in [1.165, 1.54) is 6.07 Å². The van der Waals surface area contributed by atoms with Crippen LogP contribution in [0.5, 0.6) is 5.75 Å². The zero-order valence-electron chi connectivity index (χ0n) is 10.4. The number of hydrogen-bond donors (Lipinski definition) is 1. The summed E-state index contributed by atoms with van der Waals surface area (Å²) in [6, 6.07) is 8.65. The maximum Gasteiger partial charge on any atom is 0.250 e. The fourth-order valence-corrected chi connectivity index (χ4v) is 5.00. The number of nitrogens with one attached hydrogen (secondary N) is 1. The van der Waals surface area contributed by atoms with E-state index in [2.05, 4.69) is 20.7 Å². The molecule has 1 heterocycles. The number of thiophene rings is 1. The predicted octanol–water partition coefficient (Wildman–Crippen LogP) is 3.65. The molecule has 20 heavy (non-hydrogen) atoms. The number of para-hydroxylation sites is 1. The van der Waals surface area contributed by atoms with Gasteiger partial charge in [0.1, 0.15) is 9.96 Å². The molecule has 8 heteroatoms. The van der Waals surface area contributed by atoms with Crippen LogP contribution in [-0.4, -0.2) is 15.5 Å². The molecule has 0 aliphatic rings. The molecule has 108 valence electrons. The number of hydrogen-bond acceptors (Lipinski definition) is 4. The fraction of sp³-hybridized carbons (Fsp3) is 0.167. The first-order valence-corrected chi connectivity index (χ1v) is 8.97. The minimum absolute atomic E-state index is 0.152. The lowest BCUT2D eigenvalue weighted by atomic mass is 10.2. The molecule has 0 fully saturated rings. The summed E-state index contributed by atoms with van der Waals surface area (Å²) in [7, 11) is -2.04. The van der Waals surface area contributed by atoms with Crippen molar-refractivity contribution in [1.82, 2.24) is 4.72 Å². The molecule has 1 N–H and O–H groups in total. The number of halogens is 2. The van der Waals surface area contributed by atoms with Gasteiger partial charge in [0, 0.05) is 12.1 Å². The molecule has 0 atom stereocenters. The smallest absolute Gasteiger partial charge is 0.250 e. The van der Waals surface area contributed by atoms with Gasteiger partial charge in [-0.25, -0.2) is 13.1 Å². The molecular weight excluding hydrogens is 386 g/mol. The largest absolute Gasteiger partial charge is 0.496 e. The Morgan fingerprint density at radius 1 is 1.40 bits per heavy atom. The van der Waals surface area contributed by atoms with E-state index in [0.29, 0.717) is 14.6 Å². The van der Waals surface area contributed by atoms with Crippen LogP contribution in [0.15, 0.2) is 38.3 Å². The number of rotatable bonds is 5. The normalized spacial score (nSPS) is 11.6. The molecule has 0 saturated heterocycles. The third-order valence-electron chi connectivity index (χ3n) is 2.53. The molecule has 0 aliphatic heterocycles. The van der Waals surface area contributed by atoms with Gasteiger partial charge in [0.25, 0.3) is 0 Å². The van der Waals surface area contributed by atoms with E-state index >= 15 is 0 Å². The highest BCUT2D eigenvalue weighted by Gasteiger charge is 2.19. The quantitative estimate of drug-likeness (QED) is 0.839. The maximum atomic E-state index is 12.1. The molecule has 0 amide bonds. The molecule has 0 saturated carbocycles. The lowest BCUT2D eigenvalue weighted by Gasteiger charge is -2.09. The van der Waals surface area contributed by atoms with Gasteiger partial charge in [0.15, 0.2) is 0 Å².